The smallest absolute Gasteiger partial charge is 0.398 e. The minimum Gasteiger partial charge on any atom is -0.398 e. The van der Waals surface area contributed by atoms with Crippen molar-refractivity contribution in [3.8, 4) is 10.6 Å². The van der Waals surface area contributed by atoms with Crippen molar-refractivity contribution in [2.24, 2.45) is 0 Å². The van der Waals surface area contributed by atoms with Gasteiger partial charge in [-0.15, -0.1) is 10.2 Å². The number of nitrogens with zero attached hydrogens (tertiary/aromatic N) is 4. The number of fused-ring (bicyclic) bond motifs is 1. The molecule has 0 bridgehead atoms. The van der Waals surface area contributed by atoms with E-state index in [9.17, 15) is 13.2 Å². The van der Waals surface area contributed by atoms with Gasteiger partial charge in [0, 0.05) is 15.7 Å². The predicted molar refractivity (Wildman–Crippen MR) is 71.2 cm³/mol. The fourth-order valence-corrected chi connectivity index (χ4v) is 2.67. The molecular formula is C10H5BrF3N5S. The average Bonchev–Trinajstić information content (AvgIpc) is 2.90. The summed E-state index contributed by atoms with van der Waals surface area (Å²) in [7, 11) is 0. The van der Waals surface area contributed by atoms with Crippen molar-refractivity contribution in [2.75, 3.05) is 5.73 Å². The first-order valence-electron chi connectivity index (χ1n) is 5.21. The Morgan fingerprint density at radius 2 is 2.00 bits per heavy atom. The van der Waals surface area contributed by atoms with E-state index in [1.54, 1.807) is 18.2 Å². The molecule has 0 aliphatic carbocycles. The Bertz CT molecular complexity index is 794. The fourth-order valence-electron chi connectivity index (χ4n) is 1.59. The Hall–Kier alpha value is -1.68. The number of anilines is 1. The molecule has 3 aromatic rings. The van der Waals surface area contributed by atoms with Gasteiger partial charge in [-0.3, -0.25) is 0 Å². The summed E-state index contributed by atoms with van der Waals surface area (Å²) in [5.41, 5.74) is 6.84. The number of halogens is 4. The van der Waals surface area contributed by atoms with Crippen LogP contribution in [0.3, 0.4) is 0 Å². The van der Waals surface area contributed by atoms with Gasteiger partial charge in [-0.25, -0.2) is 0 Å². The third-order valence-corrected chi connectivity index (χ3v) is 4.16. The highest BCUT2D eigenvalue weighted by molar-refractivity contribution is 9.10. The highest BCUT2D eigenvalue weighted by atomic mass is 79.9. The minimum absolute atomic E-state index is 0.0776. The van der Waals surface area contributed by atoms with Crippen LogP contribution in [-0.2, 0) is 6.18 Å². The molecule has 0 saturated heterocycles. The van der Waals surface area contributed by atoms with Gasteiger partial charge in [0.1, 0.15) is 5.01 Å². The van der Waals surface area contributed by atoms with Gasteiger partial charge < -0.3 is 5.73 Å². The zero-order chi connectivity index (χ0) is 14.5. The summed E-state index contributed by atoms with van der Waals surface area (Å²) < 4.78 is 39.5. The van der Waals surface area contributed by atoms with E-state index in [1.807, 2.05) is 0 Å². The predicted octanol–water partition coefficient (Wildman–Crippen LogP) is 3.22. The second-order valence-corrected chi connectivity index (χ2v) is 5.67. The van der Waals surface area contributed by atoms with Gasteiger partial charge in [-0.1, -0.05) is 17.4 Å². The van der Waals surface area contributed by atoms with Crippen molar-refractivity contribution >= 4 is 37.9 Å². The van der Waals surface area contributed by atoms with E-state index in [0.717, 1.165) is 11.3 Å². The van der Waals surface area contributed by atoms with Crippen LogP contribution in [0.25, 0.3) is 15.5 Å². The van der Waals surface area contributed by atoms with Gasteiger partial charge in [0.25, 0.3) is 5.82 Å². The molecule has 2 N–H and O–H groups in total. The van der Waals surface area contributed by atoms with Crippen LogP contribution in [-0.4, -0.2) is 19.8 Å². The van der Waals surface area contributed by atoms with Gasteiger partial charge in [0.15, 0.2) is 0 Å². The summed E-state index contributed by atoms with van der Waals surface area (Å²) >= 11 is 4.26. The van der Waals surface area contributed by atoms with Crippen molar-refractivity contribution in [1.82, 2.24) is 19.8 Å². The molecule has 0 atom stereocenters. The maximum Gasteiger partial charge on any atom is 0.453 e. The Morgan fingerprint density at radius 3 is 2.65 bits per heavy atom. The van der Waals surface area contributed by atoms with Gasteiger partial charge in [0.2, 0.25) is 4.96 Å². The molecule has 2 aromatic heterocycles. The molecule has 104 valence electrons. The lowest BCUT2D eigenvalue weighted by Gasteiger charge is -2.01. The maximum absolute atomic E-state index is 12.7. The van der Waals surface area contributed by atoms with Crippen LogP contribution in [0, 0.1) is 0 Å². The monoisotopic (exact) mass is 363 g/mol. The molecule has 10 heteroatoms. The SMILES string of the molecule is Nc1cc(-c2nn3c(C(F)(F)F)nnc3s2)ccc1Br. The third kappa shape index (κ3) is 2.14. The van der Waals surface area contributed by atoms with E-state index in [4.69, 9.17) is 5.73 Å². The number of hydrogen-bond acceptors (Lipinski definition) is 5. The summed E-state index contributed by atoms with van der Waals surface area (Å²) in [5.74, 6) is -1.14. The lowest BCUT2D eigenvalue weighted by molar-refractivity contribution is -0.146. The normalized spacial score (nSPS) is 12.2. The summed E-state index contributed by atoms with van der Waals surface area (Å²) in [5, 5.41) is 10.9. The molecule has 0 unspecified atom stereocenters. The Balaban J connectivity index is 2.14. The molecule has 0 amide bonds. The number of rotatable bonds is 1. The van der Waals surface area contributed by atoms with Crippen LogP contribution < -0.4 is 5.73 Å². The Kier molecular flexibility index (Phi) is 2.94. The van der Waals surface area contributed by atoms with E-state index in [0.29, 0.717) is 25.2 Å². The van der Waals surface area contributed by atoms with Crippen LogP contribution in [0.15, 0.2) is 22.7 Å². The second-order valence-electron chi connectivity index (χ2n) is 3.86. The number of nitrogens with two attached hydrogens (primary N) is 1. The van der Waals surface area contributed by atoms with Crippen LogP contribution in [0.1, 0.15) is 5.82 Å². The molecule has 3 rings (SSSR count). The lowest BCUT2D eigenvalue weighted by atomic mass is 10.2. The topological polar surface area (TPSA) is 69.1 Å². The zero-order valence-electron chi connectivity index (χ0n) is 9.52. The lowest BCUT2D eigenvalue weighted by Crippen LogP contribution is -2.11. The molecule has 0 spiro atoms. The number of hydrogen-bond donors (Lipinski definition) is 1. The summed E-state index contributed by atoms with van der Waals surface area (Å²) in [6, 6.07) is 5.04. The summed E-state index contributed by atoms with van der Waals surface area (Å²) in [6.45, 7) is 0. The first kappa shape index (κ1) is 13.3. The standard InChI is InChI=1S/C10H5BrF3N5S/c11-5-2-1-4(3-6(5)15)7-18-19-8(10(12,13)14)16-17-9(19)20-7/h1-3H,15H2. The van der Waals surface area contributed by atoms with Gasteiger partial charge in [-0.05, 0) is 28.1 Å². The van der Waals surface area contributed by atoms with Crippen LogP contribution in [0.5, 0.6) is 0 Å². The molecule has 1 aromatic carbocycles. The van der Waals surface area contributed by atoms with Crippen molar-refractivity contribution in [3.63, 3.8) is 0 Å². The minimum atomic E-state index is -4.59. The maximum atomic E-state index is 12.7. The van der Waals surface area contributed by atoms with E-state index in [-0.39, 0.29) is 4.96 Å². The van der Waals surface area contributed by atoms with Crippen molar-refractivity contribution < 1.29 is 13.2 Å². The molecule has 0 radical (unpaired) electrons. The van der Waals surface area contributed by atoms with Crippen molar-refractivity contribution in [2.45, 2.75) is 6.18 Å². The first-order valence-corrected chi connectivity index (χ1v) is 6.82. The molecule has 5 nitrogen and oxygen atoms in total. The van der Waals surface area contributed by atoms with Gasteiger partial charge in [-0.2, -0.15) is 22.8 Å². The quantitative estimate of drug-likeness (QED) is 0.674. The second kappa shape index (κ2) is 4.42. The molecule has 0 aliphatic heterocycles. The van der Waals surface area contributed by atoms with Gasteiger partial charge in [0.05, 0.1) is 0 Å². The molecule has 2 heterocycles. The fraction of sp³-hybridized carbons (Fsp3) is 0.100. The Morgan fingerprint density at radius 1 is 1.25 bits per heavy atom. The molecule has 0 saturated carbocycles. The van der Waals surface area contributed by atoms with E-state index in [2.05, 4.69) is 31.2 Å². The number of aromatic nitrogens is 4. The van der Waals surface area contributed by atoms with Crippen molar-refractivity contribution in [1.29, 1.82) is 0 Å². The first-order chi connectivity index (χ1) is 9.36. The molecule has 0 fully saturated rings. The average molecular weight is 364 g/mol. The summed E-state index contributed by atoms with van der Waals surface area (Å²) in [4.78, 5) is 0.0776. The molecule has 0 aliphatic rings. The number of alkyl halides is 3. The number of benzene rings is 1. The molecule has 20 heavy (non-hydrogen) atoms. The van der Waals surface area contributed by atoms with Crippen LogP contribution >= 0.6 is 27.3 Å². The highest BCUT2D eigenvalue weighted by Crippen LogP contribution is 2.33. The largest absolute Gasteiger partial charge is 0.453 e. The zero-order valence-corrected chi connectivity index (χ0v) is 11.9. The van der Waals surface area contributed by atoms with Gasteiger partial charge >= 0.3 is 6.18 Å². The Labute approximate surface area is 122 Å². The summed E-state index contributed by atoms with van der Waals surface area (Å²) in [6.07, 6.45) is -4.59. The van der Waals surface area contributed by atoms with E-state index < -0.39 is 12.0 Å². The van der Waals surface area contributed by atoms with Crippen molar-refractivity contribution in [3.05, 3.63) is 28.5 Å². The number of nitrogen functional groups attached to an aromatic ring is 1. The van der Waals surface area contributed by atoms with E-state index in [1.165, 1.54) is 0 Å². The van der Waals surface area contributed by atoms with Crippen LogP contribution in [0.2, 0.25) is 0 Å². The highest BCUT2D eigenvalue weighted by Gasteiger charge is 2.38. The third-order valence-electron chi connectivity index (χ3n) is 2.49. The van der Waals surface area contributed by atoms with E-state index >= 15 is 0 Å². The molecular weight excluding hydrogens is 359 g/mol. The van der Waals surface area contributed by atoms with Crippen LogP contribution in [0.4, 0.5) is 18.9 Å².